The summed E-state index contributed by atoms with van der Waals surface area (Å²) in [6.45, 7) is 4.36. The van der Waals surface area contributed by atoms with Crippen LogP contribution < -0.4 is 4.74 Å². The number of hydrogen-bond donors (Lipinski definition) is 1. The third-order valence-electron chi connectivity index (χ3n) is 5.31. The molecule has 0 saturated heterocycles. The molecule has 5 rings (SSSR count). The molecule has 0 radical (unpaired) electrons. The molecule has 0 amide bonds. The number of benzene rings is 2. The molecule has 162 valence electrons. The zero-order valence-electron chi connectivity index (χ0n) is 18.2. The second-order valence-electron chi connectivity index (χ2n) is 7.62. The van der Waals surface area contributed by atoms with Crippen LogP contribution in [0.3, 0.4) is 0 Å². The molecular formula is C25H21N7O. The number of nitrogens with one attached hydrogen (secondary N) is 1. The van der Waals surface area contributed by atoms with E-state index in [0.29, 0.717) is 12.4 Å². The third kappa shape index (κ3) is 4.31. The quantitative estimate of drug-likeness (QED) is 0.416. The molecule has 0 spiro atoms. The molecule has 3 aromatic heterocycles. The first-order valence-electron chi connectivity index (χ1n) is 10.5. The Morgan fingerprint density at radius 1 is 0.879 bits per heavy atom. The van der Waals surface area contributed by atoms with Crippen molar-refractivity contribution in [3.05, 3.63) is 90.3 Å². The topological polar surface area (TPSA) is 102 Å². The van der Waals surface area contributed by atoms with E-state index in [0.717, 1.165) is 50.5 Å². The zero-order valence-corrected chi connectivity index (χ0v) is 18.2. The number of aromatic nitrogens is 7. The summed E-state index contributed by atoms with van der Waals surface area (Å²) in [5, 5.41) is 14.4. The van der Waals surface area contributed by atoms with Gasteiger partial charge in [0.15, 0.2) is 0 Å². The maximum absolute atomic E-state index is 6.24. The number of pyridine rings is 1. The summed E-state index contributed by atoms with van der Waals surface area (Å²) in [7, 11) is 0. The van der Waals surface area contributed by atoms with Crippen LogP contribution in [0.1, 0.15) is 17.0 Å². The van der Waals surface area contributed by atoms with Crippen LogP contribution in [0.15, 0.2) is 73.3 Å². The third-order valence-corrected chi connectivity index (χ3v) is 5.31. The van der Waals surface area contributed by atoms with Gasteiger partial charge in [-0.1, -0.05) is 48.5 Å². The normalized spacial score (nSPS) is 10.8. The Morgan fingerprint density at radius 3 is 2.36 bits per heavy atom. The fourth-order valence-corrected chi connectivity index (χ4v) is 3.83. The first-order chi connectivity index (χ1) is 16.2. The van der Waals surface area contributed by atoms with Gasteiger partial charge in [0.25, 0.3) is 0 Å². The van der Waals surface area contributed by atoms with E-state index in [1.54, 1.807) is 12.4 Å². The number of aromatic amines is 1. The molecule has 0 fully saturated rings. The van der Waals surface area contributed by atoms with E-state index in [2.05, 4.69) is 59.8 Å². The van der Waals surface area contributed by atoms with E-state index in [4.69, 9.17) is 4.74 Å². The monoisotopic (exact) mass is 435 g/mol. The van der Waals surface area contributed by atoms with Gasteiger partial charge in [0, 0.05) is 46.5 Å². The van der Waals surface area contributed by atoms with E-state index in [9.17, 15) is 0 Å². The molecule has 8 heteroatoms. The van der Waals surface area contributed by atoms with Crippen LogP contribution in [0.25, 0.3) is 33.6 Å². The molecule has 5 aromatic rings. The average molecular weight is 435 g/mol. The van der Waals surface area contributed by atoms with E-state index in [1.807, 2.05) is 44.2 Å². The Bertz CT molecular complexity index is 1370. The standard InChI is InChI=1S/C25H21N7O/c1-16-11-23(24(17(2)28-16)20-12-26-15-27-13-20)33-14-18-7-9-19(10-8-18)21-5-3-4-6-22(21)25-29-31-32-30-25/h3-13,15H,14H2,1-2H3,(H,29,30,31,32). The minimum atomic E-state index is 0.427. The molecule has 0 bridgehead atoms. The Hall–Kier alpha value is -4.46. The Morgan fingerprint density at radius 2 is 1.64 bits per heavy atom. The highest BCUT2D eigenvalue weighted by Crippen LogP contribution is 2.33. The summed E-state index contributed by atoms with van der Waals surface area (Å²) < 4.78 is 6.24. The summed E-state index contributed by atoms with van der Waals surface area (Å²) in [6, 6.07) is 18.2. The molecule has 2 aromatic carbocycles. The number of rotatable bonds is 6. The van der Waals surface area contributed by atoms with Crippen LogP contribution in [0.5, 0.6) is 5.75 Å². The van der Waals surface area contributed by atoms with Crippen molar-refractivity contribution in [1.82, 2.24) is 35.6 Å². The van der Waals surface area contributed by atoms with Crippen molar-refractivity contribution in [3.8, 4) is 39.4 Å². The largest absolute Gasteiger partial charge is 0.488 e. The molecular weight excluding hydrogens is 414 g/mol. The molecule has 8 nitrogen and oxygen atoms in total. The Kier molecular flexibility index (Phi) is 5.55. The van der Waals surface area contributed by atoms with Crippen LogP contribution >= 0.6 is 0 Å². The van der Waals surface area contributed by atoms with Crippen LogP contribution in [-0.4, -0.2) is 35.6 Å². The zero-order chi connectivity index (χ0) is 22.6. The Balaban J connectivity index is 1.39. The van der Waals surface area contributed by atoms with Crippen LogP contribution in [0.4, 0.5) is 0 Å². The fourth-order valence-electron chi connectivity index (χ4n) is 3.83. The van der Waals surface area contributed by atoms with Gasteiger partial charge in [0.1, 0.15) is 18.7 Å². The maximum Gasteiger partial charge on any atom is 0.205 e. The second kappa shape index (κ2) is 8.96. The minimum Gasteiger partial charge on any atom is -0.488 e. The predicted molar refractivity (Wildman–Crippen MR) is 124 cm³/mol. The number of tetrazole rings is 1. The van der Waals surface area contributed by atoms with Crippen molar-refractivity contribution in [2.24, 2.45) is 0 Å². The van der Waals surface area contributed by atoms with Gasteiger partial charge in [0.2, 0.25) is 5.82 Å². The fraction of sp³-hybridized carbons (Fsp3) is 0.120. The SMILES string of the molecule is Cc1cc(OCc2ccc(-c3ccccc3-c3nn[nH]n3)cc2)c(-c2cncnc2)c(C)n1. The van der Waals surface area contributed by atoms with Gasteiger partial charge in [-0.05, 0) is 35.8 Å². The highest BCUT2D eigenvalue weighted by Gasteiger charge is 2.14. The van der Waals surface area contributed by atoms with Crippen LogP contribution in [0, 0.1) is 13.8 Å². The lowest BCUT2D eigenvalue weighted by atomic mass is 9.98. The van der Waals surface area contributed by atoms with Gasteiger partial charge >= 0.3 is 0 Å². The smallest absolute Gasteiger partial charge is 0.205 e. The molecule has 0 aliphatic heterocycles. The van der Waals surface area contributed by atoms with Crippen molar-refractivity contribution in [2.75, 3.05) is 0 Å². The van der Waals surface area contributed by atoms with Gasteiger partial charge in [-0.3, -0.25) is 4.98 Å². The molecule has 0 aliphatic carbocycles. The summed E-state index contributed by atoms with van der Waals surface area (Å²) in [6.07, 6.45) is 5.06. The van der Waals surface area contributed by atoms with Gasteiger partial charge in [-0.15, -0.1) is 10.2 Å². The number of nitrogens with zero attached hydrogens (tertiary/aromatic N) is 6. The first kappa shape index (κ1) is 20.4. The lowest BCUT2D eigenvalue weighted by molar-refractivity contribution is 0.307. The second-order valence-corrected chi connectivity index (χ2v) is 7.62. The lowest BCUT2D eigenvalue weighted by Crippen LogP contribution is -2.01. The number of hydrogen-bond acceptors (Lipinski definition) is 7. The van der Waals surface area contributed by atoms with Gasteiger partial charge in [-0.25, -0.2) is 9.97 Å². The lowest BCUT2D eigenvalue weighted by Gasteiger charge is -2.15. The molecule has 0 saturated carbocycles. The highest BCUT2D eigenvalue weighted by atomic mass is 16.5. The van der Waals surface area contributed by atoms with Crippen LogP contribution in [0.2, 0.25) is 0 Å². The van der Waals surface area contributed by atoms with E-state index in [-0.39, 0.29) is 0 Å². The molecule has 33 heavy (non-hydrogen) atoms. The molecule has 3 heterocycles. The van der Waals surface area contributed by atoms with Gasteiger partial charge in [-0.2, -0.15) is 5.21 Å². The van der Waals surface area contributed by atoms with Crippen molar-refractivity contribution in [3.63, 3.8) is 0 Å². The summed E-state index contributed by atoms with van der Waals surface area (Å²) >= 11 is 0. The van der Waals surface area contributed by atoms with E-state index >= 15 is 0 Å². The van der Waals surface area contributed by atoms with E-state index < -0.39 is 0 Å². The van der Waals surface area contributed by atoms with E-state index in [1.165, 1.54) is 6.33 Å². The van der Waals surface area contributed by atoms with Crippen molar-refractivity contribution >= 4 is 0 Å². The van der Waals surface area contributed by atoms with Gasteiger partial charge < -0.3 is 4.74 Å². The molecule has 0 atom stereocenters. The summed E-state index contributed by atoms with van der Waals surface area (Å²) in [5.41, 5.74) is 7.66. The number of H-pyrrole nitrogens is 1. The Labute approximate surface area is 190 Å². The number of aryl methyl sites for hydroxylation is 2. The van der Waals surface area contributed by atoms with Crippen molar-refractivity contribution < 1.29 is 4.74 Å². The van der Waals surface area contributed by atoms with Gasteiger partial charge in [0.05, 0.1) is 0 Å². The molecule has 0 aliphatic rings. The average Bonchev–Trinajstić information content (AvgIpc) is 3.38. The molecule has 0 unspecified atom stereocenters. The first-order valence-corrected chi connectivity index (χ1v) is 10.5. The van der Waals surface area contributed by atoms with Crippen LogP contribution in [-0.2, 0) is 6.61 Å². The minimum absolute atomic E-state index is 0.427. The maximum atomic E-state index is 6.24. The predicted octanol–water partition coefficient (Wildman–Crippen LogP) is 4.58. The number of ether oxygens (including phenoxy) is 1. The summed E-state index contributed by atoms with van der Waals surface area (Å²) in [5.74, 6) is 1.33. The van der Waals surface area contributed by atoms with Crippen molar-refractivity contribution in [1.29, 1.82) is 0 Å². The van der Waals surface area contributed by atoms with Crippen molar-refractivity contribution in [2.45, 2.75) is 20.5 Å². The highest BCUT2D eigenvalue weighted by molar-refractivity contribution is 5.80. The molecule has 1 N–H and O–H groups in total. The summed E-state index contributed by atoms with van der Waals surface area (Å²) in [4.78, 5) is 12.9.